The second-order valence-electron chi connectivity index (χ2n) is 8.14. The normalized spacial score (nSPS) is 12.7. The first kappa shape index (κ1) is 24.4. The van der Waals surface area contributed by atoms with Crippen molar-refractivity contribution in [1.29, 1.82) is 0 Å². The van der Waals surface area contributed by atoms with Gasteiger partial charge in [0.1, 0.15) is 11.5 Å². The number of aromatic nitrogens is 2. The van der Waals surface area contributed by atoms with Crippen LogP contribution in [0.25, 0.3) is 5.69 Å². The second-order valence-corrected chi connectivity index (χ2v) is 12.3. The molecule has 34 heavy (non-hydrogen) atoms. The summed E-state index contributed by atoms with van der Waals surface area (Å²) in [6, 6.07) is 12.9. The Labute approximate surface area is 206 Å². The summed E-state index contributed by atoms with van der Waals surface area (Å²) < 4.78 is 44.1. The molecule has 0 aliphatic carbocycles. The molecule has 10 heteroatoms. The van der Waals surface area contributed by atoms with E-state index in [2.05, 4.69) is 9.71 Å². The van der Waals surface area contributed by atoms with E-state index in [1.165, 1.54) is 51.9 Å². The predicted molar refractivity (Wildman–Crippen MR) is 136 cm³/mol. The van der Waals surface area contributed by atoms with Gasteiger partial charge in [-0.1, -0.05) is 36.8 Å². The third-order valence-electron chi connectivity index (χ3n) is 5.60. The average Bonchev–Trinajstić information content (AvgIpc) is 3.11. The zero-order valence-corrected chi connectivity index (χ0v) is 21.6. The lowest BCUT2D eigenvalue weighted by atomic mass is 10.0. The van der Waals surface area contributed by atoms with Crippen LogP contribution in [0, 0.1) is 26.6 Å². The fourth-order valence-electron chi connectivity index (χ4n) is 3.48. The molecule has 1 atom stereocenters. The Hall–Kier alpha value is -2.69. The van der Waals surface area contributed by atoms with Crippen LogP contribution >= 0.6 is 23.1 Å². The van der Waals surface area contributed by atoms with Gasteiger partial charge in [0.2, 0.25) is 0 Å². The highest BCUT2D eigenvalue weighted by atomic mass is 32.2. The summed E-state index contributed by atoms with van der Waals surface area (Å²) in [4.78, 5) is 17.8. The number of nitrogens with zero attached hydrogens (tertiary/aromatic N) is 2. The van der Waals surface area contributed by atoms with Crippen LogP contribution in [0.4, 0.5) is 10.2 Å². The van der Waals surface area contributed by atoms with Gasteiger partial charge < -0.3 is 0 Å². The summed E-state index contributed by atoms with van der Waals surface area (Å²) in [7, 11) is -3.93. The highest BCUT2D eigenvalue weighted by Gasteiger charge is 2.27. The first-order chi connectivity index (χ1) is 16.1. The van der Waals surface area contributed by atoms with Gasteiger partial charge in [0.05, 0.1) is 9.10 Å². The first-order valence-electron chi connectivity index (χ1n) is 10.6. The number of nitrogens with one attached hydrogen (secondary N) is 1. The quantitative estimate of drug-likeness (QED) is 0.328. The van der Waals surface area contributed by atoms with Gasteiger partial charge in [0, 0.05) is 16.3 Å². The van der Waals surface area contributed by atoms with Crippen molar-refractivity contribution in [3.8, 4) is 5.69 Å². The van der Waals surface area contributed by atoms with Crippen LogP contribution < -0.4 is 10.4 Å². The van der Waals surface area contributed by atoms with Crippen molar-refractivity contribution >= 4 is 38.9 Å². The van der Waals surface area contributed by atoms with E-state index in [9.17, 15) is 17.6 Å². The molecule has 2 aromatic rings. The molecule has 1 N–H and O–H groups in total. The maximum absolute atomic E-state index is 13.3. The molecule has 4 rings (SSSR count). The minimum Gasteiger partial charge on any atom is -0.261 e. The van der Waals surface area contributed by atoms with Crippen LogP contribution in [0.1, 0.15) is 34.5 Å². The van der Waals surface area contributed by atoms with Crippen LogP contribution in [0.2, 0.25) is 0 Å². The monoisotopic (exact) mass is 517 g/mol. The SMILES string of the molecule is Cc1ccc(S(=O)(=O)Nc2nc(=O)n3c(C)c(C)sc(SCC(C)c4ccc(F)cc4)c2-3)cc1. The first-order valence-corrected chi connectivity index (χ1v) is 13.9. The van der Waals surface area contributed by atoms with Crippen molar-refractivity contribution in [2.75, 3.05) is 10.5 Å². The van der Waals surface area contributed by atoms with Gasteiger partial charge in [-0.05, 0) is 56.5 Å². The number of thioether (sulfide) groups is 1. The van der Waals surface area contributed by atoms with E-state index in [1.54, 1.807) is 24.3 Å². The predicted octanol–water partition coefficient (Wildman–Crippen LogP) is 5.49. The maximum atomic E-state index is 13.3. The molecule has 0 aromatic heterocycles. The van der Waals surface area contributed by atoms with Crippen molar-refractivity contribution in [2.45, 2.75) is 42.7 Å². The zero-order chi connectivity index (χ0) is 24.6. The highest BCUT2D eigenvalue weighted by Crippen LogP contribution is 2.40. The molecule has 0 amide bonds. The molecule has 2 heterocycles. The standard InChI is InChI=1S/C24H24FN3O3S3/c1-14-5-11-20(12-6-14)34(30,31)27-22-21-23(33-17(4)16(3)28(21)24(29)26-22)32-13-15(2)18-7-9-19(25)10-8-18/h5-12,15H,13H2,1-4H3,(H,26,27,29). The smallest absolute Gasteiger partial charge is 0.261 e. The van der Waals surface area contributed by atoms with Crippen molar-refractivity contribution in [1.82, 2.24) is 9.55 Å². The number of benzene rings is 2. The Balaban J connectivity index is 1.70. The lowest BCUT2D eigenvalue weighted by molar-refractivity contribution is 0.601. The van der Waals surface area contributed by atoms with Gasteiger partial charge >= 0.3 is 5.69 Å². The summed E-state index contributed by atoms with van der Waals surface area (Å²) in [6.07, 6.45) is 0. The number of sulfonamides is 1. The lowest BCUT2D eigenvalue weighted by Gasteiger charge is -2.17. The topological polar surface area (TPSA) is 81.1 Å². The van der Waals surface area contributed by atoms with Crippen molar-refractivity contribution in [3.05, 3.63) is 86.5 Å². The van der Waals surface area contributed by atoms with Gasteiger partial charge in [0.25, 0.3) is 10.0 Å². The maximum Gasteiger partial charge on any atom is 0.354 e. The molecule has 0 saturated heterocycles. The van der Waals surface area contributed by atoms with E-state index < -0.39 is 15.7 Å². The molecule has 1 unspecified atom stereocenters. The van der Waals surface area contributed by atoms with Gasteiger partial charge in [-0.15, -0.1) is 23.1 Å². The number of anilines is 1. The summed E-state index contributed by atoms with van der Waals surface area (Å²) >= 11 is 3.01. The molecule has 178 valence electrons. The van der Waals surface area contributed by atoms with Gasteiger partial charge in [0.15, 0.2) is 5.82 Å². The summed E-state index contributed by atoms with van der Waals surface area (Å²) in [6.45, 7) is 7.65. The Bertz CT molecular complexity index is 1460. The summed E-state index contributed by atoms with van der Waals surface area (Å²) in [5.41, 5.74) is 2.57. The molecular formula is C24H24FN3O3S3. The average molecular weight is 518 g/mol. The number of fused-ring (bicyclic) bond motifs is 1. The van der Waals surface area contributed by atoms with Gasteiger partial charge in [-0.25, -0.2) is 17.6 Å². The number of aryl methyl sites for hydroxylation is 2. The lowest BCUT2D eigenvalue weighted by Crippen LogP contribution is -2.17. The molecule has 6 nitrogen and oxygen atoms in total. The molecule has 0 bridgehead atoms. The van der Waals surface area contributed by atoms with Crippen LogP contribution in [-0.2, 0) is 10.0 Å². The van der Waals surface area contributed by atoms with E-state index in [0.717, 1.165) is 20.2 Å². The Morgan fingerprint density at radius 2 is 1.74 bits per heavy atom. The molecule has 0 saturated carbocycles. The fraction of sp³-hybridized carbons (Fsp3) is 0.250. The highest BCUT2D eigenvalue weighted by molar-refractivity contribution is 8.01. The van der Waals surface area contributed by atoms with Crippen LogP contribution in [0.15, 0.2) is 62.4 Å². The number of hydrogen-bond donors (Lipinski definition) is 1. The second kappa shape index (κ2) is 9.52. The molecule has 2 aromatic carbocycles. The van der Waals surface area contributed by atoms with E-state index >= 15 is 0 Å². The van der Waals surface area contributed by atoms with Crippen molar-refractivity contribution < 1.29 is 12.8 Å². The zero-order valence-electron chi connectivity index (χ0n) is 19.1. The minimum atomic E-state index is -3.93. The van der Waals surface area contributed by atoms with Gasteiger partial charge in [-0.2, -0.15) is 4.98 Å². The Morgan fingerprint density at radius 3 is 2.38 bits per heavy atom. The molecule has 0 radical (unpaired) electrons. The number of hydrogen-bond acceptors (Lipinski definition) is 6. The van der Waals surface area contributed by atoms with E-state index in [0.29, 0.717) is 17.1 Å². The fourth-order valence-corrected chi connectivity index (χ4v) is 7.02. The Morgan fingerprint density at radius 1 is 1.09 bits per heavy atom. The minimum absolute atomic E-state index is 0.0156. The number of imidazole rings is 1. The number of halogens is 1. The van der Waals surface area contributed by atoms with Gasteiger partial charge in [-0.3, -0.25) is 9.29 Å². The van der Waals surface area contributed by atoms with E-state index in [-0.39, 0.29) is 22.4 Å². The van der Waals surface area contributed by atoms with Crippen molar-refractivity contribution in [2.24, 2.45) is 0 Å². The molecular weight excluding hydrogens is 493 g/mol. The largest absolute Gasteiger partial charge is 0.354 e. The molecule has 0 spiro atoms. The van der Waals surface area contributed by atoms with E-state index in [4.69, 9.17) is 0 Å². The third-order valence-corrected chi connectivity index (χ3v) is 9.66. The van der Waals surface area contributed by atoms with Crippen LogP contribution in [-0.4, -0.2) is 23.7 Å². The Kier molecular flexibility index (Phi) is 6.84. The van der Waals surface area contributed by atoms with Crippen molar-refractivity contribution in [3.63, 3.8) is 0 Å². The van der Waals surface area contributed by atoms with Crippen LogP contribution in [0.3, 0.4) is 0 Å². The summed E-state index contributed by atoms with van der Waals surface area (Å²) in [5.74, 6) is 0.502. The number of rotatable bonds is 7. The summed E-state index contributed by atoms with van der Waals surface area (Å²) in [5, 5.41) is 0. The third kappa shape index (κ3) is 4.89. The van der Waals surface area contributed by atoms with Crippen LogP contribution in [0.5, 0.6) is 0 Å². The molecule has 2 aliphatic rings. The molecule has 2 aliphatic heterocycles. The molecule has 0 fully saturated rings. The van der Waals surface area contributed by atoms with E-state index in [1.807, 2.05) is 27.7 Å².